The van der Waals surface area contributed by atoms with E-state index in [0.29, 0.717) is 5.92 Å². The van der Waals surface area contributed by atoms with Gasteiger partial charge >= 0.3 is 0 Å². The van der Waals surface area contributed by atoms with Gasteiger partial charge in [0.25, 0.3) is 0 Å². The van der Waals surface area contributed by atoms with E-state index >= 15 is 0 Å². The Morgan fingerprint density at radius 1 is 1.50 bits per heavy atom. The highest BCUT2D eigenvalue weighted by molar-refractivity contribution is 9.10. The molecule has 0 aromatic heterocycles. The van der Waals surface area contributed by atoms with Crippen LogP contribution >= 0.6 is 15.9 Å². The minimum atomic E-state index is -3.52. The van der Waals surface area contributed by atoms with Crippen LogP contribution < -0.4 is 10.5 Å². The van der Waals surface area contributed by atoms with Crippen molar-refractivity contribution in [2.45, 2.75) is 37.1 Å². The van der Waals surface area contributed by atoms with Crippen LogP contribution in [-0.2, 0) is 10.0 Å². The summed E-state index contributed by atoms with van der Waals surface area (Å²) in [6.45, 7) is 1.89. The predicted octanol–water partition coefficient (Wildman–Crippen LogP) is 2.50. The zero-order valence-corrected chi connectivity index (χ0v) is 12.6. The molecule has 0 spiro atoms. The van der Waals surface area contributed by atoms with Crippen molar-refractivity contribution >= 4 is 31.6 Å². The number of hydrogen-bond acceptors (Lipinski definition) is 3. The van der Waals surface area contributed by atoms with Gasteiger partial charge in [-0.3, -0.25) is 0 Å². The van der Waals surface area contributed by atoms with Gasteiger partial charge in [0, 0.05) is 10.5 Å². The van der Waals surface area contributed by atoms with E-state index in [1.807, 2.05) is 6.92 Å². The van der Waals surface area contributed by atoms with Crippen LogP contribution in [0.3, 0.4) is 0 Å². The van der Waals surface area contributed by atoms with Gasteiger partial charge in [0.1, 0.15) is 4.90 Å². The van der Waals surface area contributed by atoms with Gasteiger partial charge in [0.05, 0.1) is 5.69 Å². The van der Waals surface area contributed by atoms with Crippen LogP contribution in [0.2, 0.25) is 0 Å². The summed E-state index contributed by atoms with van der Waals surface area (Å²) in [5.41, 5.74) is 6.01. The number of nitrogens with one attached hydrogen (secondary N) is 1. The first kappa shape index (κ1) is 13.8. The molecule has 18 heavy (non-hydrogen) atoms. The molecule has 1 aliphatic rings. The van der Waals surface area contributed by atoms with Crippen molar-refractivity contribution in [2.75, 3.05) is 5.73 Å². The van der Waals surface area contributed by atoms with Gasteiger partial charge in [-0.25, -0.2) is 13.1 Å². The summed E-state index contributed by atoms with van der Waals surface area (Å²) < 4.78 is 27.8. The topological polar surface area (TPSA) is 72.2 Å². The number of rotatable bonds is 5. The van der Waals surface area contributed by atoms with Gasteiger partial charge < -0.3 is 5.73 Å². The second-order valence-corrected chi connectivity index (χ2v) is 7.48. The normalized spacial score (nSPS) is 17.7. The smallest absolute Gasteiger partial charge is 0.242 e. The summed E-state index contributed by atoms with van der Waals surface area (Å²) >= 11 is 3.26. The number of sulfonamides is 1. The lowest BCUT2D eigenvalue weighted by Crippen LogP contribution is -2.33. The summed E-state index contributed by atoms with van der Waals surface area (Å²) in [4.78, 5) is 0.147. The number of nitrogens with two attached hydrogens (primary N) is 1. The molecule has 100 valence electrons. The summed E-state index contributed by atoms with van der Waals surface area (Å²) in [5, 5.41) is 0. The predicted molar refractivity (Wildman–Crippen MR) is 75.7 cm³/mol. The van der Waals surface area contributed by atoms with Crippen molar-refractivity contribution in [1.82, 2.24) is 4.72 Å². The maximum absolute atomic E-state index is 12.2. The Labute approximate surface area is 116 Å². The molecule has 0 amide bonds. The Morgan fingerprint density at radius 3 is 2.72 bits per heavy atom. The molecule has 3 N–H and O–H groups in total. The second-order valence-electron chi connectivity index (χ2n) is 4.88. The third kappa shape index (κ3) is 3.46. The van der Waals surface area contributed by atoms with Gasteiger partial charge in [-0.05, 0) is 37.5 Å². The Balaban J connectivity index is 2.13. The van der Waals surface area contributed by atoms with E-state index in [4.69, 9.17) is 5.73 Å². The molecule has 1 unspecified atom stereocenters. The van der Waals surface area contributed by atoms with E-state index in [0.717, 1.165) is 10.9 Å². The van der Waals surface area contributed by atoms with Gasteiger partial charge in [0.2, 0.25) is 10.0 Å². The number of benzene rings is 1. The van der Waals surface area contributed by atoms with Gasteiger partial charge in [0.15, 0.2) is 0 Å². The molecular weight excluding hydrogens is 316 g/mol. The number of nitrogen functional groups attached to an aromatic ring is 1. The van der Waals surface area contributed by atoms with Gasteiger partial charge in [-0.15, -0.1) is 0 Å². The van der Waals surface area contributed by atoms with Crippen molar-refractivity contribution < 1.29 is 8.42 Å². The molecule has 1 atom stereocenters. The Kier molecular flexibility index (Phi) is 3.99. The average Bonchev–Trinajstić information content (AvgIpc) is 2.99. The zero-order valence-electron chi connectivity index (χ0n) is 10.2. The first-order valence-electron chi connectivity index (χ1n) is 5.96. The zero-order chi connectivity index (χ0) is 13.3. The molecule has 2 rings (SSSR count). The lowest BCUT2D eigenvalue weighted by molar-refractivity contribution is 0.530. The van der Waals surface area contributed by atoms with Crippen molar-refractivity contribution in [3.05, 3.63) is 22.7 Å². The van der Waals surface area contributed by atoms with Crippen molar-refractivity contribution in [2.24, 2.45) is 5.92 Å². The van der Waals surface area contributed by atoms with Crippen LogP contribution in [0, 0.1) is 5.92 Å². The van der Waals surface area contributed by atoms with E-state index < -0.39 is 10.0 Å². The van der Waals surface area contributed by atoms with Crippen LogP contribution in [0.25, 0.3) is 0 Å². The van der Waals surface area contributed by atoms with Crippen LogP contribution in [-0.4, -0.2) is 14.5 Å². The van der Waals surface area contributed by atoms with Crippen LogP contribution in [0.4, 0.5) is 5.69 Å². The largest absolute Gasteiger partial charge is 0.398 e. The van der Waals surface area contributed by atoms with Crippen LogP contribution in [0.1, 0.15) is 26.2 Å². The van der Waals surface area contributed by atoms with E-state index in [-0.39, 0.29) is 16.6 Å². The monoisotopic (exact) mass is 332 g/mol. The summed E-state index contributed by atoms with van der Waals surface area (Å²) in [5.74, 6) is 0.685. The molecule has 1 saturated carbocycles. The molecule has 1 aromatic rings. The molecule has 0 saturated heterocycles. The van der Waals surface area contributed by atoms with E-state index in [1.54, 1.807) is 12.1 Å². The fraction of sp³-hybridized carbons (Fsp3) is 0.500. The third-order valence-corrected chi connectivity index (χ3v) is 5.16. The minimum absolute atomic E-state index is 0.0504. The Bertz CT molecular complexity index is 541. The van der Waals surface area contributed by atoms with E-state index in [2.05, 4.69) is 20.7 Å². The highest BCUT2D eigenvalue weighted by atomic mass is 79.9. The molecule has 6 heteroatoms. The first-order valence-corrected chi connectivity index (χ1v) is 8.23. The molecule has 4 nitrogen and oxygen atoms in total. The molecule has 1 fully saturated rings. The quantitative estimate of drug-likeness (QED) is 0.813. The minimum Gasteiger partial charge on any atom is -0.398 e. The molecule has 1 aromatic carbocycles. The SMILES string of the molecule is CC(CC1CC1)NS(=O)(=O)c1ccc(Br)cc1N. The van der Waals surface area contributed by atoms with Crippen molar-refractivity contribution in [3.8, 4) is 0 Å². The summed E-state index contributed by atoms with van der Waals surface area (Å²) in [7, 11) is -3.52. The standard InChI is InChI=1S/C12H17BrN2O2S/c1-8(6-9-2-3-9)15-18(16,17)12-5-4-10(13)7-11(12)14/h4-5,7-9,15H,2-3,6,14H2,1H3. The Hall–Kier alpha value is -0.590. The first-order chi connectivity index (χ1) is 8.38. The molecule has 1 aliphatic carbocycles. The van der Waals surface area contributed by atoms with Crippen molar-refractivity contribution in [3.63, 3.8) is 0 Å². The van der Waals surface area contributed by atoms with Crippen LogP contribution in [0.15, 0.2) is 27.6 Å². The number of halogens is 1. The fourth-order valence-corrected chi connectivity index (χ4v) is 3.74. The fourth-order valence-electron chi connectivity index (χ4n) is 1.99. The second kappa shape index (κ2) is 5.19. The third-order valence-electron chi connectivity index (χ3n) is 3.00. The summed E-state index contributed by atoms with van der Waals surface area (Å²) in [6.07, 6.45) is 3.33. The highest BCUT2D eigenvalue weighted by Crippen LogP contribution is 2.33. The lowest BCUT2D eigenvalue weighted by Gasteiger charge is -2.15. The maximum atomic E-state index is 12.2. The molecule has 0 heterocycles. The highest BCUT2D eigenvalue weighted by Gasteiger charge is 2.26. The maximum Gasteiger partial charge on any atom is 0.242 e. The van der Waals surface area contributed by atoms with E-state index in [9.17, 15) is 8.42 Å². The summed E-state index contributed by atoms with van der Waals surface area (Å²) in [6, 6.07) is 4.74. The van der Waals surface area contributed by atoms with Crippen molar-refractivity contribution in [1.29, 1.82) is 0 Å². The Morgan fingerprint density at radius 2 is 2.17 bits per heavy atom. The molecular formula is C12H17BrN2O2S. The number of hydrogen-bond donors (Lipinski definition) is 2. The average molecular weight is 333 g/mol. The van der Waals surface area contributed by atoms with E-state index in [1.165, 1.54) is 18.9 Å². The lowest BCUT2D eigenvalue weighted by atomic mass is 10.2. The molecule has 0 bridgehead atoms. The molecule has 0 radical (unpaired) electrons. The molecule has 0 aliphatic heterocycles. The number of anilines is 1. The van der Waals surface area contributed by atoms with Crippen LogP contribution in [0.5, 0.6) is 0 Å². The van der Waals surface area contributed by atoms with Gasteiger partial charge in [-0.1, -0.05) is 28.8 Å². The van der Waals surface area contributed by atoms with Gasteiger partial charge in [-0.2, -0.15) is 0 Å².